The summed E-state index contributed by atoms with van der Waals surface area (Å²) in [6, 6.07) is 7.13. The Labute approximate surface area is 124 Å². The fraction of sp³-hybridized carbons (Fsp3) is 0.467. The molecule has 0 aromatic heterocycles. The molecule has 21 heavy (non-hydrogen) atoms. The first-order valence-electron chi connectivity index (χ1n) is 7.16. The molecule has 2 amide bonds. The molecule has 6 nitrogen and oxygen atoms in total. The quantitative estimate of drug-likeness (QED) is 0.785. The van der Waals surface area contributed by atoms with Crippen LogP contribution in [0.3, 0.4) is 0 Å². The molecule has 0 atom stereocenters. The van der Waals surface area contributed by atoms with E-state index in [2.05, 4.69) is 10.2 Å². The van der Waals surface area contributed by atoms with Crippen molar-refractivity contribution in [3.8, 4) is 0 Å². The SMILES string of the molecule is CN1CCN(CCCC(=O)Nc2cccc(N)c2)CC1=O. The van der Waals surface area contributed by atoms with Crippen LogP contribution in [0.2, 0.25) is 0 Å². The molecule has 0 saturated carbocycles. The number of nitrogens with zero attached hydrogens (tertiary/aromatic N) is 2. The van der Waals surface area contributed by atoms with Crippen molar-refractivity contribution < 1.29 is 9.59 Å². The Morgan fingerprint density at radius 1 is 1.38 bits per heavy atom. The van der Waals surface area contributed by atoms with E-state index >= 15 is 0 Å². The minimum atomic E-state index is -0.0268. The summed E-state index contributed by atoms with van der Waals surface area (Å²) in [7, 11) is 1.82. The molecule has 114 valence electrons. The lowest BCUT2D eigenvalue weighted by Crippen LogP contribution is -2.48. The number of piperazine rings is 1. The molecule has 6 heteroatoms. The first kappa shape index (κ1) is 15.3. The molecule has 1 aromatic carbocycles. The van der Waals surface area contributed by atoms with Crippen molar-refractivity contribution in [1.82, 2.24) is 9.80 Å². The van der Waals surface area contributed by atoms with Gasteiger partial charge in [0.15, 0.2) is 0 Å². The van der Waals surface area contributed by atoms with E-state index in [9.17, 15) is 9.59 Å². The van der Waals surface area contributed by atoms with Crippen LogP contribution < -0.4 is 11.1 Å². The Kier molecular flexibility index (Phi) is 5.16. The third kappa shape index (κ3) is 4.75. The number of anilines is 2. The van der Waals surface area contributed by atoms with Crippen LogP contribution in [0.4, 0.5) is 11.4 Å². The maximum Gasteiger partial charge on any atom is 0.236 e. The van der Waals surface area contributed by atoms with Crippen LogP contribution in [-0.4, -0.2) is 54.8 Å². The highest BCUT2D eigenvalue weighted by atomic mass is 16.2. The summed E-state index contributed by atoms with van der Waals surface area (Å²) in [6.45, 7) is 2.85. The minimum absolute atomic E-state index is 0.0268. The molecule has 0 unspecified atom stereocenters. The van der Waals surface area contributed by atoms with E-state index in [-0.39, 0.29) is 11.8 Å². The molecular weight excluding hydrogens is 268 g/mol. The van der Waals surface area contributed by atoms with Gasteiger partial charge in [0, 0.05) is 37.9 Å². The highest BCUT2D eigenvalue weighted by molar-refractivity contribution is 5.91. The first-order valence-corrected chi connectivity index (χ1v) is 7.16. The number of carbonyl (C=O) groups excluding carboxylic acids is 2. The van der Waals surface area contributed by atoms with Crippen molar-refractivity contribution in [2.45, 2.75) is 12.8 Å². The first-order chi connectivity index (χ1) is 10.0. The second-order valence-electron chi connectivity index (χ2n) is 5.37. The van der Waals surface area contributed by atoms with Gasteiger partial charge in [-0.05, 0) is 31.2 Å². The third-order valence-electron chi connectivity index (χ3n) is 3.58. The molecule has 1 aliphatic heterocycles. The number of rotatable bonds is 5. The lowest BCUT2D eigenvalue weighted by molar-refractivity contribution is -0.134. The van der Waals surface area contributed by atoms with Crippen molar-refractivity contribution in [2.24, 2.45) is 0 Å². The Morgan fingerprint density at radius 3 is 2.90 bits per heavy atom. The Bertz CT molecular complexity index is 518. The average Bonchev–Trinajstić information content (AvgIpc) is 2.43. The largest absolute Gasteiger partial charge is 0.399 e. The summed E-state index contributed by atoms with van der Waals surface area (Å²) < 4.78 is 0. The molecule has 3 N–H and O–H groups in total. The van der Waals surface area contributed by atoms with E-state index < -0.39 is 0 Å². The van der Waals surface area contributed by atoms with Crippen molar-refractivity contribution in [3.05, 3.63) is 24.3 Å². The predicted molar refractivity (Wildman–Crippen MR) is 82.8 cm³/mol. The smallest absolute Gasteiger partial charge is 0.236 e. The molecule has 2 rings (SSSR count). The maximum atomic E-state index is 11.8. The number of nitrogen functional groups attached to an aromatic ring is 1. The normalized spacial score (nSPS) is 16.0. The Hall–Kier alpha value is -2.08. The van der Waals surface area contributed by atoms with Gasteiger partial charge >= 0.3 is 0 Å². The molecular formula is C15H22N4O2. The number of carbonyl (C=O) groups is 2. The number of hydrogen-bond donors (Lipinski definition) is 2. The van der Waals surface area contributed by atoms with E-state index in [4.69, 9.17) is 5.73 Å². The monoisotopic (exact) mass is 290 g/mol. The highest BCUT2D eigenvalue weighted by Gasteiger charge is 2.20. The van der Waals surface area contributed by atoms with Gasteiger partial charge < -0.3 is 16.0 Å². The van der Waals surface area contributed by atoms with Crippen LogP contribution in [0.25, 0.3) is 0 Å². The van der Waals surface area contributed by atoms with E-state index in [1.54, 1.807) is 23.1 Å². The Balaban J connectivity index is 1.69. The van der Waals surface area contributed by atoms with Crippen molar-refractivity contribution in [3.63, 3.8) is 0 Å². The van der Waals surface area contributed by atoms with Crippen LogP contribution in [0.1, 0.15) is 12.8 Å². The lowest BCUT2D eigenvalue weighted by Gasteiger charge is -2.31. The zero-order valence-electron chi connectivity index (χ0n) is 12.3. The van der Waals surface area contributed by atoms with Crippen LogP contribution in [0.15, 0.2) is 24.3 Å². The molecule has 0 spiro atoms. The number of likely N-dealkylation sites (N-methyl/N-ethyl adjacent to an activating group) is 1. The van der Waals surface area contributed by atoms with Crippen molar-refractivity contribution >= 4 is 23.2 Å². The van der Waals surface area contributed by atoms with E-state index in [1.165, 1.54) is 0 Å². The van der Waals surface area contributed by atoms with Gasteiger partial charge in [0.2, 0.25) is 11.8 Å². The van der Waals surface area contributed by atoms with Gasteiger partial charge in [-0.15, -0.1) is 0 Å². The number of nitrogens with two attached hydrogens (primary N) is 1. The molecule has 0 bridgehead atoms. The summed E-state index contributed by atoms with van der Waals surface area (Å²) in [4.78, 5) is 27.2. The van der Waals surface area contributed by atoms with Crippen LogP contribution in [0, 0.1) is 0 Å². The highest BCUT2D eigenvalue weighted by Crippen LogP contribution is 2.12. The summed E-state index contributed by atoms with van der Waals surface area (Å²) >= 11 is 0. The molecule has 1 aliphatic rings. The number of nitrogens with one attached hydrogen (secondary N) is 1. The summed E-state index contributed by atoms with van der Waals surface area (Å²) in [5.74, 6) is 0.117. The average molecular weight is 290 g/mol. The number of amides is 2. The number of hydrogen-bond acceptors (Lipinski definition) is 4. The molecule has 0 radical (unpaired) electrons. The third-order valence-corrected chi connectivity index (χ3v) is 3.58. The summed E-state index contributed by atoms with van der Waals surface area (Å²) in [5, 5.41) is 2.82. The maximum absolute atomic E-state index is 11.8. The van der Waals surface area contributed by atoms with Gasteiger partial charge in [-0.2, -0.15) is 0 Å². The van der Waals surface area contributed by atoms with Crippen LogP contribution in [0.5, 0.6) is 0 Å². The van der Waals surface area contributed by atoms with Gasteiger partial charge in [0.1, 0.15) is 0 Å². The minimum Gasteiger partial charge on any atom is -0.399 e. The predicted octanol–water partition coefficient (Wildman–Crippen LogP) is 0.761. The van der Waals surface area contributed by atoms with Gasteiger partial charge in [-0.1, -0.05) is 6.07 Å². The van der Waals surface area contributed by atoms with E-state index in [0.29, 0.717) is 18.7 Å². The number of benzene rings is 1. The fourth-order valence-corrected chi connectivity index (χ4v) is 2.30. The van der Waals surface area contributed by atoms with Crippen LogP contribution >= 0.6 is 0 Å². The standard InChI is InChI=1S/C15H22N4O2/c1-18-8-9-19(11-15(18)21)7-3-6-14(20)17-13-5-2-4-12(16)10-13/h2,4-5,10H,3,6-9,11,16H2,1H3,(H,17,20). The molecule has 0 aliphatic carbocycles. The van der Waals surface area contributed by atoms with Crippen molar-refractivity contribution in [2.75, 3.05) is 44.3 Å². The topological polar surface area (TPSA) is 78.7 Å². The zero-order chi connectivity index (χ0) is 15.2. The molecule has 1 aromatic rings. The lowest BCUT2D eigenvalue weighted by atomic mass is 10.2. The second kappa shape index (κ2) is 7.08. The van der Waals surface area contributed by atoms with Gasteiger partial charge in [0.05, 0.1) is 6.54 Å². The van der Waals surface area contributed by atoms with Gasteiger partial charge in [0.25, 0.3) is 0 Å². The Morgan fingerprint density at radius 2 is 2.19 bits per heavy atom. The molecule has 1 saturated heterocycles. The van der Waals surface area contributed by atoms with Crippen LogP contribution in [-0.2, 0) is 9.59 Å². The zero-order valence-corrected chi connectivity index (χ0v) is 12.3. The van der Waals surface area contributed by atoms with Gasteiger partial charge in [-0.25, -0.2) is 0 Å². The van der Waals surface area contributed by atoms with Gasteiger partial charge in [-0.3, -0.25) is 14.5 Å². The van der Waals surface area contributed by atoms with E-state index in [1.807, 2.05) is 13.1 Å². The summed E-state index contributed by atoms with van der Waals surface area (Å²) in [5.41, 5.74) is 7.01. The van der Waals surface area contributed by atoms with E-state index in [0.717, 1.165) is 31.7 Å². The second-order valence-corrected chi connectivity index (χ2v) is 5.37. The summed E-state index contributed by atoms with van der Waals surface area (Å²) in [6.07, 6.45) is 1.18. The molecule has 1 fully saturated rings. The van der Waals surface area contributed by atoms with Crippen molar-refractivity contribution in [1.29, 1.82) is 0 Å². The molecule has 1 heterocycles. The fourth-order valence-electron chi connectivity index (χ4n) is 2.30.